The number of aliphatic hydroxyl groups is 1. The predicted octanol–water partition coefficient (Wildman–Crippen LogP) is 2.59. The fraction of sp³-hybridized carbons (Fsp3) is 0.409. The summed E-state index contributed by atoms with van der Waals surface area (Å²) in [6, 6.07) is 15.0. The van der Waals surface area contributed by atoms with E-state index in [1.807, 2.05) is 42.2 Å². The summed E-state index contributed by atoms with van der Waals surface area (Å²) < 4.78 is 10.9. The molecule has 2 aromatic rings. The summed E-state index contributed by atoms with van der Waals surface area (Å²) >= 11 is 0. The predicted molar refractivity (Wildman–Crippen MR) is 108 cm³/mol. The van der Waals surface area contributed by atoms with Gasteiger partial charge in [0.25, 0.3) is 5.91 Å². The SMILES string of the molecule is CCOc1cc(C(=O)N2CCN(CC(O)c3ccccc3)CC2)ccc1OC. The van der Waals surface area contributed by atoms with Crippen LogP contribution in [0.25, 0.3) is 0 Å². The Hall–Kier alpha value is -2.57. The molecule has 1 unspecified atom stereocenters. The molecule has 6 nitrogen and oxygen atoms in total. The number of carbonyl (C=O) groups excluding carboxylic acids is 1. The van der Waals surface area contributed by atoms with E-state index in [0.717, 1.165) is 18.7 Å². The van der Waals surface area contributed by atoms with Crippen LogP contribution in [0.3, 0.4) is 0 Å². The molecule has 1 atom stereocenters. The Morgan fingerprint density at radius 1 is 1.07 bits per heavy atom. The lowest BCUT2D eigenvalue weighted by molar-refractivity contribution is 0.0527. The van der Waals surface area contributed by atoms with Gasteiger partial charge in [-0.25, -0.2) is 0 Å². The van der Waals surface area contributed by atoms with Gasteiger partial charge in [-0.15, -0.1) is 0 Å². The van der Waals surface area contributed by atoms with Gasteiger partial charge in [0.2, 0.25) is 0 Å². The highest BCUT2D eigenvalue weighted by Crippen LogP contribution is 2.28. The highest BCUT2D eigenvalue weighted by Gasteiger charge is 2.24. The third-order valence-corrected chi connectivity index (χ3v) is 4.99. The summed E-state index contributed by atoms with van der Waals surface area (Å²) in [6.07, 6.45) is -0.515. The molecule has 1 saturated heterocycles. The fourth-order valence-corrected chi connectivity index (χ4v) is 3.42. The van der Waals surface area contributed by atoms with Crippen molar-refractivity contribution in [1.82, 2.24) is 9.80 Å². The van der Waals surface area contributed by atoms with Crippen molar-refractivity contribution in [2.24, 2.45) is 0 Å². The fourth-order valence-electron chi connectivity index (χ4n) is 3.42. The summed E-state index contributed by atoms with van der Waals surface area (Å²) in [7, 11) is 1.59. The lowest BCUT2D eigenvalue weighted by atomic mass is 10.1. The minimum absolute atomic E-state index is 0.00753. The van der Waals surface area contributed by atoms with Gasteiger partial charge in [0.05, 0.1) is 19.8 Å². The number of hydrogen-bond acceptors (Lipinski definition) is 5. The van der Waals surface area contributed by atoms with E-state index < -0.39 is 6.10 Å². The van der Waals surface area contributed by atoms with Gasteiger partial charge < -0.3 is 19.5 Å². The molecule has 0 saturated carbocycles. The number of aliphatic hydroxyl groups excluding tert-OH is 1. The first-order valence-corrected chi connectivity index (χ1v) is 9.67. The van der Waals surface area contributed by atoms with Gasteiger partial charge >= 0.3 is 0 Å². The van der Waals surface area contributed by atoms with E-state index in [-0.39, 0.29) is 5.91 Å². The smallest absolute Gasteiger partial charge is 0.254 e. The van der Waals surface area contributed by atoms with Crippen LogP contribution in [0.2, 0.25) is 0 Å². The standard InChI is InChI=1S/C22H28N2O4/c1-3-28-21-15-18(9-10-20(21)27-2)22(26)24-13-11-23(12-14-24)16-19(25)17-7-5-4-6-8-17/h4-10,15,19,25H,3,11-14,16H2,1-2H3. The second-order valence-electron chi connectivity index (χ2n) is 6.82. The number of amides is 1. The monoisotopic (exact) mass is 384 g/mol. The maximum absolute atomic E-state index is 12.9. The minimum Gasteiger partial charge on any atom is -0.493 e. The number of β-amino-alcohol motifs (C(OH)–C–C–N with tert-alkyl or cyclic N) is 1. The van der Waals surface area contributed by atoms with Crippen LogP contribution in [0.4, 0.5) is 0 Å². The zero-order valence-electron chi connectivity index (χ0n) is 16.5. The molecule has 0 radical (unpaired) electrons. The van der Waals surface area contributed by atoms with Gasteiger partial charge in [-0.2, -0.15) is 0 Å². The molecule has 1 aliphatic heterocycles. The number of benzene rings is 2. The molecule has 1 aliphatic rings. The maximum atomic E-state index is 12.9. The van der Waals surface area contributed by atoms with Crippen molar-refractivity contribution in [3.05, 3.63) is 59.7 Å². The van der Waals surface area contributed by atoms with Gasteiger partial charge in [-0.05, 0) is 30.7 Å². The zero-order valence-corrected chi connectivity index (χ0v) is 16.5. The quantitative estimate of drug-likeness (QED) is 0.795. The number of rotatable bonds is 7. The Balaban J connectivity index is 1.57. The molecule has 2 aromatic carbocycles. The van der Waals surface area contributed by atoms with Crippen LogP contribution in [0.15, 0.2) is 48.5 Å². The number of ether oxygens (including phenoxy) is 2. The van der Waals surface area contributed by atoms with Gasteiger partial charge in [-0.3, -0.25) is 9.69 Å². The number of methoxy groups -OCH3 is 1. The lowest BCUT2D eigenvalue weighted by Crippen LogP contribution is -2.49. The van der Waals surface area contributed by atoms with Gasteiger partial charge in [0.1, 0.15) is 0 Å². The molecule has 1 fully saturated rings. The van der Waals surface area contributed by atoms with Crippen molar-refractivity contribution in [2.75, 3.05) is 46.4 Å². The Morgan fingerprint density at radius 3 is 2.43 bits per heavy atom. The van der Waals surface area contributed by atoms with Crippen molar-refractivity contribution in [1.29, 1.82) is 0 Å². The zero-order chi connectivity index (χ0) is 19.9. The number of nitrogens with zero attached hydrogens (tertiary/aromatic N) is 2. The molecule has 150 valence electrons. The van der Waals surface area contributed by atoms with Crippen molar-refractivity contribution < 1.29 is 19.4 Å². The highest BCUT2D eigenvalue weighted by molar-refractivity contribution is 5.95. The Bertz CT molecular complexity index is 773. The van der Waals surface area contributed by atoms with Crippen LogP contribution < -0.4 is 9.47 Å². The third-order valence-electron chi connectivity index (χ3n) is 4.99. The summed E-state index contributed by atoms with van der Waals surface area (Å²) in [5, 5.41) is 10.4. The molecule has 0 aromatic heterocycles. The van der Waals surface area contributed by atoms with Gasteiger partial charge in [-0.1, -0.05) is 30.3 Å². The van der Waals surface area contributed by atoms with Crippen LogP contribution in [0.5, 0.6) is 11.5 Å². The molecule has 0 aliphatic carbocycles. The van der Waals surface area contributed by atoms with E-state index in [1.54, 1.807) is 25.3 Å². The van der Waals surface area contributed by atoms with E-state index in [2.05, 4.69) is 4.90 Å². The van der Waals surface area contributed by atoms with E-state index in [1.165, 1.54) is 0 Å². The van der Waals surface area contributed by atoms with Crippen molar-refractivity contribution >= 4 is 5.91 Å². The Labute approximate surface area is 166 Å². The second-order valence-corrected chi connectivity index (χ2v) is 6.82. The normalized spacial score (nSPS) is 15.9. The second kappa shape index (κ2) is 9.57. The third kappa shape index (κ3) is 4.82. The molecule has 1 amide bonds. The summed E-state index contributed by atoms with van der Waals surface area (Å²) in [5.74, 6) is 1.20. The van der Waals surface area contributed by atoms with Crippen molar-refractivity contribution in [3.63, 3.8) is 0 Å². The molecule has 1 heterocycles. The van der Waals surface area contributed by atoms with E-state index in [4.69, 9.17) is 9.47 Å². The molecule has 6 heteroatoms. The minimum atomic E-state index is -0.515. The van der Waals surface area contributed by atoms with Gasteiger partial charge in [0, 0.05) is 38.3 Å². The Morgan fingerprint density at radius 2 is 1.79 bits per heavy atom. The topological polar surface area (TPSA) is 62.2 Å². The summed E-state index contributed by atoms with van der Waals surface area (Å²) in [4.78, 5) is 16.9. The number of hydrogen-bond donors (Lipinski definition) is 1. The summed E-state index contributed by atoms with van der Waals surface area (Å²) in [6.45, 7) is 5.73. The average Bonchev–Trinajstić information content (AvgIpc) is 2.74. The van der Waals surface area contributed by atoms with Crippen molar-refractivity contribution in [2.45, 2.75) is 13.0 Å². The largest absolute Gasteiger partial charge is 0.493 e. The summed E-state index contributed by atoms with van der Waals surface area (Å²) in [5.41, 5.74) is 1.52. The number of carbonyl (C=O) groups is 1. The van der Waals surface area contributed by atoms with Crippen LogP contribution in [0.1, 0.15) is 28.9 Å². The first-order chi connectivity index (χ1) is 13.6. The number of piperazine rings is 1. The van der Waals surface area contributed by atoms with Crippen molar-refractivity contribution in [3.8, 4) is 11.5 Å². The molecular formula is C22H28N2O4. The van der Waals surface area contributed by atoms with Crippen LogP contribution >= 0.6 is 0 Å². The van der Waals surface area contributed by atoms with Crippen LogP contribution in [-0.2, 0) is 0 Å². The Kier molecular flexibility index (Phi) is 6.90. The molecular weight excluding hydrogens is 356 g/mol. The van der Waals surface area contributed by atoms with E-state index in [0.29, 0.717) is 43.3 Å². The molecule has 28 heavy (non-hydrogen) atoms. The molecule has 0 spiro atoms. The molecule has 3 rings (SSSR count). The molecule has 1 N–H and O–H groups in total. The molecule has 0 bridgehead atoms. The van der Waals surface area contributed by atoms with Crippen LogP contribution in [-0.4, -0.2) is 67.3 Å². The lowest BCUT2D eigenvalue weighted by Gasteiger charge is -2.35. The van der Waals surface area contributed by atoms with Gasteiger partial charge in [0.15, 0.2) is 11.5 Å². The first-order valence-electron chi connectivity index (χ1n) is 9.67. The first kappa shape index (κ1) is 20.2. The van der Waals surface area contributed by atoms with E-state index in [9.17, 15) is 9.90 Å². The highest BCUT2D eigenvalue weighted by atomic mass is 16.5. The average molecular weight is 384 g/mol. The maximum Gasteiger partial charge on any atom is 0.254 e. The van der Waals surface area contributed by atoms with E-state index >= 15 is 0 Å². The van der Waals surface area contributed by atoms with Crippen LogP contribution in [0, 0.1) is 0 Å².